The van der Waals surface area contributed by atoms with Crippen molar-refractivity contribution < 1.29 is 9.53 Å². The number of fused-ring (bicyclic) bond motifs is 1. The van der Waals surface area contributed by atoms with Gasteiger partial charge in [-0.2, -0.15) is 0 Å². The fourth-order valence-corrected chi connectivity index (χ4v) is 3.14. The highest BCUT2D eigenvalue weighted by atomic mass is 16.5. The number of para-hydroxylation sites is 1. The minimum atomic E-state index is 0.146. The highest BCUT2D eigenvalue weighted by Gasteiger charge is 2.27. The van der Waals surface area contributed by atoms with Crippen molar-refractivity contribution in [2.24, 2.45) is 5.92 Å². The molecule has 0 aliphatic carbocycles. The average molecular weight is 274 g/mol. The van der Waals surface area contributed by atoms with Crippen molar-refractivity contribution in [3.05, 3.63) is 29.8 Å². The van der Waals surface area contributed by atoms with Crippen molar-refractivity contribution in [1.29, 1.82) is 0 Å². The third-order valence-corrected chi connectivity index (χ3v) is 4.43. The van der Waals surface area contributed by atoms with Gasteiger partial charge >= 0.3 is 0 Å². The molecule has 4 nitrogen and oxygen atoms in total. The van der Waals surface area contributed by atoms with Crippen LogP contribution in [0.1, 0.15) is 31.2 Å². The minimum Gasteiger partial charge on any atom is -0.384 e. The molecule has 1 aromatic carbocycles. The topological polar surface area (TPSA) is 50.4 Å². The van der Waals surface area contributed by atoms with Crippen LogP contribution in [0.15, 0.2) is 24.3 Å². The first-order valence-electron chi connectivity index (χ1n) is 7.44. The second-order valence-corrected chi connectivity index (χ2v) is 5.85. The summed E-state index contributed by atoms with van der Waals surface area (Å²) in [5.41, 5.74) is 2.43. The van der Waals surface area contributed by atoms with Crippen LogP contribution in [0.3, 0.4) is 0 Å². The van der Waals surface area contributed by atoms with E-state index >= 15 is 0 Å². The number of benzene rings is 1. The van der Waals surface area contributed by atoms with E-state index in [2.05, 4.69) is 29.7 Å². The molecule has 20 heavy (non-hydrogen) atoms. The number of carbonyl (C=O) groups excluding carboxylic acids is 1. The van der Waals surface area contributed by atoms with E-state index in [-0.39, 0.29) is 11.9 Å². The quantitative estimate of drug-likeness (QED) is 0.884. The lowest BCUT2D eigenvalue weighted by atomic mass is 9.96. The van der Waals surface area contributed by atoms with Crippen molar-refractivity contribution in [2.75, 3.05) is 25.1 Å². The molecule has 3 unspecified atom stereocenters. The molecule has 2 heterocycles. The van der Waals surface area contributed by atoms with Gasteiger partial charge in [-0.05, 0) is 25.0 Å². The first-order valence-corrected chi connectivity index (χ1v) is 7.44. The van der Waals surface area contributed by atoms with Crippen molar-refractivity contribution in [3.8, 4) is 0 Å². The van der Waals surface area contributed by atoms with Crippen LogP contribution in [0.4, 0.5) is 5.69 Å². The van der Waals surface area contributed by atoms with E-state index < -0.39 is 0 Å². The maximum Gasteiger partial charge on any atom is 0.220 e. The fourth-order valence-electron chi connectivity index (χ4n) is 3.14. The van der Waals surface area contributed by atoms with Crippen LogP contribution in [0.5, 0.6) is 0 Å². The Morgan fingerprint density at radius 3 is 3.15 bits per heavy atom. The number of ether oxygens (including phenoxy) is 1. The normalized spacial score (nSPS) is 25.9. The van der Waals surface area contributed by atoms with Gasteiger partial charge in [0.15, 0.2) is 0 Å². The molecule has 0 spiro atoms. The molecule has 1 aromatic rings. The summed E-state index contributed by atoms with van der Waals surface area (Å²) in [6.45, 7) is 4.53. The van der Waals surface area contributed by atoms with Crippen LogP contribution in [0.2, 0.25) is 0 Å². The summed E-state index contributed by atoms with van der Waals surface area (Å²) in [4.78, 5) is 12.2. The highest BCUT2D eigenvalue weighted by Crippen LogP contribution is 2.33. The van der Waals surface area contributed by atoms with Gasteiger partial charge in [0.05, 0.1) is 6.61 Å². The molecule has 0 saturated carbocycles. The summed E-state index contributed by atoms with van der Waals surface area (Å²) in [6.07, 6.45) is 1.61. The molecular formula is C16H22N2O2. The molecule has 1 saturated heterocycles. The highest BCUT2D eigenvalue weighted by molar-refractivity contribution is 5.78. The molecule has 108 valence electrons. The molecule has 0 aromatic heterocycles. The lowest BCUT2D eigenvalue weighted by Crippen LogP contribution is -2.39. The Balaban J connectivity index is 1.54. The van der Waals surface area contributed by atoms with Crippen LogP contribution < -0.4 is 10.6 Å². The summed E-state index contributed by atoms with van der Waals surface area (Å²) in [7, 11) is 0. The molecule has 4 heteroatoms. The number of rotatable bonds is 4. The van der Waals surface area contributed by atoms with E-state index in [1.54, 1.807) is 0 Å². The predicted octanol–water partition coefficient (Wildman–Crippen LogP) is 2.13. The average Bonchev–Trinajstić information content (AvgIpc) is 3.09. The standard InChI is InChI=1S/C16H22N2O2/c1-11(12-6-7-20-10-12)18-16(19)8-13-9-17-15-5-3-2-4-14(13)15/h2-5,11-13,17H,6-10H2,1H3,(H,18,19). The van der Waals surface area contributed by atoms with E-state index in [9.17, 15) is 4.79 Å². The van der Waals surface area contributed by atoms with Gasteiger partial charge in [-0.15, -0.1) is 0 Å². The lowest BCUT2D eigenvalue weighted by Gasteiger charge is -2.20. The number of anilines is 1. The van der Waals surface area contributed by atoms with Gasteiger partial charge in [0.1, 0.15) is 0 Å². The van der Waals surface area contributed by atoms with E-state index in [1.165, 1.54) is 11.3 Å². The molecule has 2 N–H and O–H groups in total. The van der Waals surface area contributed by atoms with E-state index in [1.807, 2.05) is 12.1 Å². The molecule has 1 amide bonds. The van der Waals surface area contributed by atoms with E-state index in [0.717, 1.165) is 26.2 Å². The molecule has 1 fully saturated rings. The van der Waals surface area contributed by atoms with Gasteiger partial charge in [-0.1, -0.05) is 18.2 Å². The summed E-state index contributed by atoms with van der Waals surface area (Å²) in [5.74, 6) is 0.902. The van der Waals surface area contributed by atoms with Gasteiger partial charge in [-0.3, -0.25) is 4.79 Å². The van der Waals surface area contributed by atoms with Crippen LogP contribution in [-0.2, 0) is 9.53 Å². The lowest BCUT2D eigenvalue weighted by molar-refractivity contribution is -0.122. The summed E-state index contributed by atoms with van der Waals surface area (Å²) in [5, 5.41) is 6.50. The first-order chi connectivity index (χ1) is 9.74. The predicted molar refractivity (Wildman–Crippen MR) is 78.8 cm³/mol. The number of hydrogen-bond acceptors (Lipinski definition) is 3. The van der Waals surface area contributed by atoms with Gasteiger partial charge in [0.25, 0.3) is 0 Å². The number of carbonyl (C=O) groups is 1. The third-order valence-electron chi connectivity index (χ3n) is 4.43. The van der Waals surface area contributed by atoms with Crippen LogP contribution in [0, 0.1) is 5.92 Å². The van der Waals surface area contributed by atoms with Crippen LogP contribution in [-0.4, -0.2) is 31.7 Å². The molecule has 0 bridgehead atoms. The largest absolute Gasteiger partial charge is 0.384 e. The third kappa shape index (κ3) is 2.80. The Hall–Kier alpha value is -1.55. The zero-order valence-electron chi connectivity index (χ0n) is 11.9. The van der Waals surface area contributed by atoms with Crippen molar-refractivity contribution >= 4 is 11.6 Å². The Labute approximate surface area is 119 Å². The zero-order chi connectivity index (χ0) is 13.9. The Bertz CT molecular complexity index is 483. The zero-order valence-corrected chi connectivity index (χ0v) is 11.9. The molecule has 2 aliphatic heterocycles. The van der Waals surface area contributed by atoms with Gasteiger partial charge in [0.2, 0.25) is 5.91 Å². The second kappa shape index (κ2) is 5.83. The molecule has 2 aliphatic rings. The summed E-state index contributed by atoms with van der Waals surface area (Å²) in [6, 6.07) is 8.45. The Kier molecular flexibility index (Phi) is 3.92. The first kappa shape index (κ1) is 13.4. The van der Waals surface area contributed by atoms with Crippen molar-refractivity contribution in [3.63, 3.8) is 0 Å². The second-order valence-electron chi connectivity index (χ2n) is 5.85. The maximum absolute atomic E-state index is 12.2. The SMILES string of the molecule is CC(NC(=O)CC1CNc2ccccc21)C1CCOC1. The Morgan fingerprint density at radius 1 is 1.50 bits per heavy atom. The van der Waals surface area contributed by atoms with E-state index in [4.69, 9.17) is 4.74 Å². The summed E-state index contributed by atoms with van der Waals surface area (Å²) >= 11 is 0. The van der Waals surface area contributed by atoms with Crippen LogP contribution in [0.25, 0.3) is 0 Å². The number of nitrogens with one attached hydrogen (secondary N) is 2. The Morgan fingerprint density at radius 2 is 2.35 bits per heavy atom. The molecular weight excluding hydrogens is 252 g/mol. The van der Waals surface area contributed by atoms with Crippen molar-refractivity contribution in [2.45, 2.75) is 31.7 Å². The monoisotopic (exact) mass is 274 g/mol. The minimum absolute atomic E-state index is 0.146. The summed E-state index contributed by atoms with van der Waals surface area (Å²) < 4.78 is 5.38. The molecule has 3 rings (SSSR count). The van der Waals surface area contributed by atoms with Gasteiger partial charge < -0.3 is 15.4 Å². The smallest absolute Gasteiger partial charge is 0.220 e. The van der Waals surface area contributed by atoms with Gasteiger partial charge in [0, 0.05) is 43.1 Å². The molecule has 3 atom stereocenters. The molecule has 0 radical (unpaired) electrons. The van der Waals surface area contributed by atoms with E-state index in [0.29, 0.717) is 18.3 Å². The van der Waals surface area contributed by atoms with Gasteiger partial charge in [-0.25, -0.2) is 0 Å². The number of amides is 1. The van der Waals surface area contributed by atoms with Crippen molar-refractivity contribution in [1.82, 2.24) is 5.32 Å². The fraction of sp³-hybridized carbons (Fsp3) is 0.562. The number of hydrogen-bond donors (Lipinski definition) is 2. The maximum atomic E-state index is 12.2. The van der Waals surface area contributed by atoms with Crippen LogP contribution >= 0.6 is 0 Å².